The Kier molecular flexibility index (Phi) is 4.49. The minimum atomic E-state index is -1.15. The third-order valence-corrected chi connectivity index (χ3v) is 5.80. The number of hydrogen-bond donors (Lipinski definition) is 2. The fourth-order valence-electron chi connectivity index (χ4n) is 3.28. The van der Waals surface area contributed by atoms with Gasteiger partial charge >= 0.3 is 5.97 Å². The minimum Gasteiger partial charge on any atom is -0.477 e. The summed E-state index contributed by atoms with van der Waals surface area (Å²) in [6, 6.07) is 11.8. The van der Waals surface area contributed by atoms with Crippen molar-refractivity contribution in [3.63, 3.8) is 0 Å². The summed E-state index contributed by atoms with van der Waals surface area (Å²) in [5.41, 5.74) is 1.38. The van der Waals surface area contributed by atoms with E-state index in [4.69, 9.17) is 4.42 Å². The second-order valence-electron chi connectivity index (χ2n) is 6.21. The van der Waals surface area contributed by atoms with E-state index in [0.717, 1.165) is 5.56 Å². The summed E-state index contributed by atoms with van der Waals surface area (Å²) in [5.74, 6) is -0.938. The summed E-state index contributed by atoms with van der Waals surface area (Å²) in [7, 11) is 0. The average Bonchev–Trinajstić information content (AvgIpc) is 3.18. The highest BCUT2D eigenvalue weighted by atomic mass is 32.2. The zero-order chi connectivity index (χ0) is 19.0. The lowest BCUT2D eigenvalue weighted by molar-refractivity contribution is -0.150. The van der Waals surface area contributed by atoms with Gasteiger partial charge in [0, 0.05) is 11.3 Å². The fraction of sp³-hybridized carbons (Fsp3) is 0.211. The van der Waals surface area contributed by atoms with E-state index in [-0.39, 0.29) is 18.0 Å². The topological polar surface area (TPSA) is 99.9 Å². The van der Waals surface area contributed by atoms with Crippen LogP contribution in [0.1, 0.15) is 11.3 Å². The van der Waals surface area contributed by atoms with Crippen LogP contribution in [-0.4, -0.2) is 45.0 Å². The number of hydrogen-bond acceptors (Lipinski definition) is 5. The standard InChI is InChI=1S/C19H16N2O5S/c22-14(9-12-7-4-8-26-12)20-15-17(23)21-16(19(24)25)13(10-27-18(15)21)11-5-2-1-3-6-11/h1-8,15,18H,9-10H2,(H,20,22)(H,24,25)/t15?,18-/m1/s1. The minimum absolute atomic E-state index is 0.00789. The van der Waals surface area contributed by atoms with Crippen molar-refractivity contribution in [2.24, 2.45) is 0 Å². The molecule has 2 aliphatic rings. The first kappa shape index (κ1) is 17.4. The quantitative estimate of drug-likeness (QED) is 0.762. The van der Waals surface area contributed by atoms with Crippen LogP contribution in [0.25, 0.3) is 5.57 Å². The summed E-state index contributed by atoms with van der Waals surface area (Å²) in [6.45, 7) is 0. The number of amides is 2. The van der Waals surface area contributed by atoms with Crippen molar-refractivity contribution in [3.8, 4) is 0 Å². The molecule has 2 atom stereocenters. The van der Waals surface area contributed by atoms with Crippen LogP contribution >= 0.6 is 11.8 Å². The van der Waals surface area contributed by atoms with Crippen molar-refractivity contribution in [1.29, 1.82) is 0 Å². The Bertz CT molecular complexity index is 923. The normalized spacial score (nSPS) is 21.5. The second kappa shape index (κ2) is 6.96. The summed E-state index contributed by atoms with van der Waals surface area (Å²) in [4.78, 5) is 37.9. The number of furan rings is 1. The SMILES string of the molecule is O=C(Cc1ccco1)NC1C(=O)N2C(C(=O)O)=C(c3ccccc3)CS[C@H]12. The first-order chi connectivity index (χ1) is 13.1. The highest BCUT2D eigenvalue weighted by Crippen LogP contribution is 2.43. The lowest BCUT2D eigenvalue weighted by Gasteiger charge is -2.49. The number of rotatable bonds is 5. The molecule has 0 aliphatic carbocycles. The van der Waals surface area contributed by atoms with Crippen LogP contribution in [0.5, 0.6) is 0 Å². The number of fused-ring (bicyclic) bond motifs is 1. The maximum Gasteiger partial charge on any atom is 0.352 e. The number of benzene rings is 1. The molecule has 1 aromatic heterocycles. The van der Waals surface area contributed by atoms with Gasteiger partial charge in [-0.3, -0.25) is 14.5 Å². The molecular formula is C19H16N2O5S. The van der Waals surface area contributed by atoms with E-state index < -0.39 is 23.3 Å². The average molecular weight is 384 g/mol. The molecule has 138 valence electrons. The molecule has 2 N–H and O–H groups in total. The maximum absolute atomic E-state index is 12.6. The Morgan fingerprint density at radius 2 is 2.00 bits per heavy atom. The van der Waals surface area contributed by atoms with Gasteiger partial charge in [-0.15, -0.1) is 11.8 Å². The van der Waals surface area contributed by atoms with Crippen molar-refractivity contribution in [2.75, 3.05) is 5.75 Å². The van der Waals surface area contributed by atoms with Crippen molar-refractivity contribution >= 4 is 35.1 Å². The van der Waals surface area contributed by atoms with Gasteiger partial charge in [0.15, 0.2) is 0 Å². The Hall–Kier alpha value is -3.00. The molecule has 1 aromatic carbocycles. The van der Waals surface area contributed by atoms with Crippen molar-refractivity contribution < 1.29 is 23.9 Å². The van der Waals surface area contributed by atoms with Gasteiger partial charge in [-0.2, -0.15) is 0 Å². The van der Waals surface area contributed by atoms with E-state index in [2.05, 4.69) is 5.32 Å². The molecule has 2 aromatic rings. The first-order valence-electron chi connectivity index (χ1n) is 8.34. The molecule has 0 spiro atoms. The van der Waals surface area contributed by atoms with Crippen LogP contribution in [-0.2, 0) is 20.8 Å². The fourth-order valence-corrected chi connectivity index (χ4v) is 4.65. The second-order valence-corrected chi connectivity index (χ2v) is 7.31. The Labute approximate surface area is 159 Å². The summed E-state index contributed by atoms with van der Waals surface area (Å²) < 4.78 is 5.14. The van der Waals surface area contributed by atoms with Gasteiger partial charge in [-0.05, 0) is 17.7 Å². The van der Waals surface area contributed by atoms with E-state index in [1.54, 1.807) is 12.1 Å². The largest absolute Gasteiger partial charge is 0.477 e. The van der Waals surface area contributed by atoms with Gasteiger partial charge in [0.2, 0.25) is 5.91 Å². The smallest absolute Gasteiger partial charge is 0.352 e. The van der Waals surface area contributed by atoms with Crippen LogP contribution in [0, 0.1) is 0 Å². The molecule has 0 saturated carbocycles. The number of aliphatic carboxylic acids is 1. The van der Waals surface area contributed by atoms with E-state index in [1.807, 2.05) is 30.3 Å². The third-order valence-electron chi connectivity index (χ3n) is 4.52. The Balaban J connectivity index is 1.54. The van der Waals surface area contributed by atoms with E-state index in [1.165, 1.54) is 22.9 Å². The third kappa shape index (κ3) is 3.12. The maximum atomic E-state index is 12.6. The van der Waals surface area contributed by atoms with Gasteiger partial charge in [0.25, 0.3) is 5.91 Å². The molecular weight excluding hydrogens is 368 g/mol. The van der Waals surface area contributed by atoms with Gasteiger partial charge < -0.3 is 14.8 Å². The lowest BCUT2D eigenvalue weighted by Crippen LogP contribution is -2.70. The lowest BCUT2D eigenvalue weighted by atomic mass is 9.99. The predicted molar refractivity (Wildman–Crippen MR) is 98.4 cm³/mol. The first-order valence-corrected chi connectivity index (χ1v) is 9.39. The molecule has 8 heteroatoms. The van der Waals surface area contributed by atoms with Crippen molar-refractivity contribution in [1.82, 2.24) is 10.2 Å². The highest BCUT2D eigenvalue weighted by Gasteiger charge is 2.54. The number of thioether (sulfide) groups is 1. The highest BCUT2D eigenvalue weighted by molar-refractivity contribution is 8.00. The summed E-state index contributed by atoms with van der Waals surface area (Å²) in [6.07, 6.45) is 1.51. The zero-order valence-corrected chi connectivity index (χ0v) is 14.9. The van der Waals surface area contributed by atoms with E-state index >= 15 is 0 Å². The monoisotopic (exact) mass is 384 g/mol. The van der Waals surface area contributed by atoms with Crippen LogP contribution in [0.2, 0.25) is 0 Å². The number of nitrogens with zero attached hydrogens (tertiary/aromatic N) is 1. The molecule has 0 radical (unpaired) electrons. The number of carboxylic acids is 1. The van der Waals surface area contributed by atoms with Crippen molar-refractivity contribution in [2.45, 2.75) is 17.8 Å². The molecule has 2 aliphatic heterocycles. The number of β-lactam (4-membered cyclic amide) rings is 1. The molecule has 1 saturated heterocycles. The molecule has 0 bridgehead atoms. The Morgan fingerprint density at radius 3 is 2.67 bits per heavy atom. The van der Waals surface area contributed by atoms with Crippen LogP contribution in [0.4, 0.5) is 0 Å². The number of carbonyl (C=O) groups is 3. The summed E-state index contributed by atoms with van der Waals surface area (Å²) >= 11 is 1.44. The van der Waals surface area contributed by atoms with Crippen LogP contribution in [0.3, 0.4) is 0 Å². The van der Waals surface area contributed by atoms with Gasteiger partial charge in [0.1, 0.15) is 22.9 Å². The molecule has 1 fully saturated rings. The molecule has 2 amide bonds. The molecule has 3 heterocycles. The molecule has 27 heavy (non-hydrogen) atoms. The van der Waals surface area contributed by atoms with Gasteiger partial charge in [0.05, 0.1) is 12.7 Å². The van der Waals surface area contributed by atoms with E-state index in [0.29, 0.717) is 17.1 Å². The summed E-state index contributed by atoms with van der Waals surface area (Å²) in [5, 5.41) is 12.0. The van der Waals surface area contributed by atoms with E-state index in [9.17, 15) is 19.5 Å². The number of nitrogens with one attached hydrogen (secondary N) is 1. The molecule has 1 unspecified atom stereocenters. The van der Waals surface area contributed by atoms with Gasteiger partial charge in [-0.25, -0.2) is 4.79 Å². The zero-order valence-electron chi connectivity index (χ0n) is 14.1. The van der Waals surface area contributed by atoms with Crippen LogP contribution < -0.4 is 5.32 Å². The number of carboxylic acid groups (broad SMARTS) is 1. The number of carbonyl (C=O) groups excluding carboxylic acids is 2. The predicted octanol–water partition coefficient (Wildman–Crippen LogP) is 1.72. The molecule has 7 nitrogen and oxygen atoms in total. The van der Waals surface area contributed by atoms with Gasteiger partial charge in [-0.1, -0.05) is 30.3 Å². The van der Waals surface area contributed by atoms with Crippen LogP contribution in [0.15, 0.2) is 58.8 Å². The molecule has 4 rings (SSSR count). The van der Waals surface area contributed by atoms with Crippen molar-refractivity contribution in [3.05, 3.63) is 65.7 Å². The Morgan fingerprint density at radius 1 is 1.22 bits per heavy atom.